The Balaban J connectivity index is 1.01. The minimum absolute atomic E-state index is 0.749. The van der Waals surface area contributed by atoms with Crippen molar-refractivity contribution in [3.05, 3.63) is 144 Å². The van der Waals surface area contributed by atoms with Gasteiger partial charge in [-0.25, -0.2) is 4.57 Å². The minimum atomic E-state index is 0.749. The maximum absolute atomic E-state index is 6.04. The third kappa shape index (κ3) is 6.78. The van der Waals surface area contributed by atoms with Crippen LogP contribution in [0.5, 0.6) is 0 Å². The highest BCUT2D eigenvalue weighted by molar-refractivity contribution is 6.30. The van der Waals surface area contributed by atoms with Gasteiger partial charge in [-0.3, -0.25) is 0 Å². The highest BCUT2D eigenvalue weighted by atomic mass is 35.5. The Morgan fingerprint density at radius 1 is 0.634 bits per heavy atom. The molecule has 0 aliphatic carbocycles. The van der Waals surface area contributed by atoms with Crippen LogP contribution >= 0.6 is 11.6 Å². The second-order valence-corrected chi connectivity index (χ2v) is 11.3. The number of rotatable bonds is 9. The minimum Gasteiger partial charge on any atom is -0.371 e. The van der Waals surface area contributed by atoms with E-state index in [-0.39, 0.29) is 0 Å². The van der Waals surface area contributed by atoms with Crippen molar-refractivity contribution in [1.82, 2.24) is 0 Å². The molecule has 0 unspecified atom stereocenters. The molecule has 0 N–H and O–H groups in total. The fourth-order valence-corrected chi connectivity index (χ4v) is 5.64. The van der Waals surface area contributed by atoms with Crippen LogP contribution in [-0.2, 0) is 19.4 Å². The summed E-state index contributed by atoms with van der Waals surface area (Å²) in [6.45, 7) is 3.28. The number of benzene rings is 3. The van der Waals surface area contributed by atoms with E-state index in [9.17, 15) is 0 Å². The van der Waals surface area contributed by atoms with Crippen molar-refractivity contribution < 1.29 is 9.13 Å². The van der Waals surface area contributed by atoms with Gasteiger partial charge in [0.1, 0.15) is 0 Å². The number of pyridine rings is 2. The Hall–Kier alpha value is -4.15. The van der Waals surface area contributed by atoms with Crippen LogP contribution in [0.15, 0.2) is 122 Å². The second-order valence-electron chi connectivity index (χ2n) is 10.9. The van der Waals surface area contributed by atoms with E-state index >= 15 is 0 Å². The largest absolute Gasteiger partial charge is 0.371 e. The molecule has 1 saturated heterocycles. The van der Waals surface area contributed by atoms with Gasteiger partial charge in [-0.15, -0.1) is 0 Å². The van der Waals surface area contributed by atoms with Gasteiger partial charge in [0.2, 0.25) is 5.69 Å². The highest BCUT2D eigenvalue weighted by Gasteiger charge is 2.14. The number of halogens is 1. The van der Waals surface area contributed by atoms with Crippen LogP contribution in [0.25, 0.3) is 5.69 Å². The molecule has 4 nitrogen and oxygen atoms in total. The smallest absolute Gasteiger partial charge is 0.210 e. The quantitative estimate of drug-likeness (QED) is 0.178. The van der Waals surface area contributed by atoms with E-state index < -0.39 is 0 Å². The van der Waals surface area contributed by atoms with Crippen LogP contribution < -0.4 is 18.9 Å². The lowest BCUT2D eigenvalue weighted by atomic mass is 10.0. The Morgan fingerprint density at radius 3 is 1.78 bits per heavy atom. The van der Waals surface area contributed by atoms with Gasteiger partial charge in [0.25, 0.3) is 0 Å². The Bertz CT molecular complexity index is 1540. The average molecular weight is 561 g/mol. The van der Waals surface area contributed by atoms with Crippen molar-refractivity contribution >= 4 is 28.7 Å². The number of hydrogen-bond donors (Lipinski definition) is 0. The average Bonchev–Trinajstić information content (AvgIpc) is 3.57. The zero-order valence-electron chi connectivity index (χ0n) is 23.7. The van der Waals surface area contributed by atoms with Crippen molar-refractivity contribution in [1.29, 1.82) is 0 Å². The molecule has 0 bridgehead atoms. The highest BCUT2D eigenvalue weighted by Crippen LogP contribution is 2.24. The summed E-state index contributed by atoms with van der Waals surface area (Å²) in [4.78, 5) is 4.63. The van der Waals surface area contributed by atoms with Crippen LogP contribution in [0.4, 0.5) is 17.1 Å². The summed E-state index contributed by atoms with van der Waals surface area (Å²) in [7, 11) is 2.07. The number of aryl methyl sites for hydroxylation is 2. The Morgan fingerprint density at radius 2 is 1.17 bits per heavy atom. The maximum Gasteiger partial charge on any atom is 0.210 e. The fraction of sp³-hybridized carbons (Fsp3) is 0.222. The van der Waals surface area contributed by atoms with Crippen LogP contribution in [0.3, 0.4) is 0 Å². The molecule has 1 aliphatic rings. The van der Waals surface area contributed by atoms with Gasteiger partial charge in [0.15, 0.2) is 31.3 Å². The van der Waals surface area contributed by atoms with E-state index in [0.29, 0.717) is 0 Å². The predicted octanol–water partition coefficient (Wildman–Crippen LogP) is 7.11. The molecule has 5 aromatic rings. The normalized spacial score (nSPS) is 13.0. The SMILES string of the molecule is CN(c1ccc(Cl)cc1)c1cc[n+](-c2ccc(CCc3ccc(C[n+]4ccc(N5CCCC5)cc4)cc3)cc2)cc1. The molecule has 3 heterocycles. The fourth-order valence-electron chi connectivity index (χ4n) is 5.51. The lowest BCUT2D eigenvalue weighted by molar-refractivity contribution is -0.688. The zero-order valence-corrected chi connectivity index (χ0v) is 24.4. The van der Waals surface area contributed by atoms with E-state index in [1.807, 2.05) is 24.3 Å². The Kier molecular flexibility index (Phi) is 8.29. The third-order valence-corrected chi connectivity index (χ3v) is 8.33. The monoisotopic (exact) mass is 560 g/mol. The summed E-state index contributed by atoms with van der Waals surface area (Å²) in [6.07, 6.45) is 13.3. The molecule has 2 aromatic heterocycles. The number of aromatic nitrogens is 2. The van der Waals surface area contributed by atoms with Crippen molar-refractivity contribution in [3.8, 4) is 5.69 Å². The number of hydrogen-bond acceptors (Lipinski definition) is 2. The molecule has 3 aromatic carbocycles. The summed E-state index contributed by atoms with van der Waals surface area (Å²) in [5, 5.41) is 0.749. The zero-order chi connectivity index (χ0) is 28.0. The van der Waals surface area contributed by atoms with Crippen LogP contribution in [-0.4, -0.2) is 20.1 Å². The Labute approximate surface area is 248 Å². The molecule has 0 amide bonds. The summed E-state index contributed by atoms with van der Waals surface area (Å²) in [6, 6.07) is 34.7. The molecule has 1 aliphatic heterocycles. The molecule has 1 fully saturated rings. The summed E-state index contributed by atoms with van der Waals surface area (Å²) >= 11 is 6.04. The van der Waals surface area contributed by atoms with Gasteiger partial charge in [0, 0.05) is 78.5 Å². The molecule has 0 radical (unpaired) electrons. The van der Waals surface area contributed by atoms with Gasteiger partial charge in [-0.2, -0.15) is 4.57 Å². The summed E-state index contributed by atoms with van der Waals surface area (Å²) < 4.78 is 4.42. The predicted molar refractivity (Wildman–Crippen MR) is 169 cm³/mol. The second kappa shape index (κ2) is 12.6. The summed E-state index contributed by atoms with van der Waals surface area (Å²) in [5.41, 5.74) is 8.79. The molecule has 206 valence electrons. The van der Waals surface area contributed by atoms with Crippen molar-refractivity contribution in [2.45, 2.75) is 32.2 Å². The van der Waals surface area contributed by atoms with E-state index in [0.717, 1.165) is 41.5 Å². The first-order chi connectivity index (χ1) is 20.1. The lowest BCUT2D eigenvalue weighted by Gasteiger charge is -2.18. The topological polar surface area (TPSA) is 14.2 Å². The third-order valence-electron chi connectivity index (χ3n) is 8.08. The van der Waals surface area contributed by atoms with Gasteiger partial charge < -0.3 is 9.80 Å². The summed E-state index contributed by atoms with van der Waals surface area (Å²) in [5.74, 6) is 0. The van der Waals surface area contributed by atoms with Crippen LogP contribution in [0.2, 0.25) is 5.02 Å². The van der Waals surface area contributed by atoms with Crippen molar-refractivity contribution in [2.24, 2.45) is 0 Å². The standard InChI is InChI=1S/C36H37ClN4/c1-38(33-16-12-32(37)13-17-33)34-20-26-41(27-21-34)35-14-10-30(11-15-35)5-4-29-6-8-31(9-7-29)28-39-24-18-36(19-25-39)40-22-2-3-23-40/h6-21,24-27H,2-5,22-23,28H2,1H3/q+2. The first kappa shape index (κ1) is 27.0. The molecule has 0 saturated carbocycles. The van der Waals surface area contributed by atoms with Gasteiger partial charge in [0.05, 0.1) is 5.69 Å². The van der Waals surface area contributed by atoms with E-state index in [4.69, 9.17) is 11.6 Å². The lowest BCUT2D eigenvalue weighted by Crippen LogP contribution is -2.33. The maximum atomic E-state index is 6.04. The molecular weight excluding hydrogens is 524 g/mol. The van der Waals surface area contributed by atoms with Crippen molar-refractivity contribution in [3.63, 3.8) is 0 Å². The van der Waals surface area contributed by atoms with Crippen molar-refractivity contribution in [2.75, 3.05) is 29.9 Å². The van der Waals surface area contributed by atoms with E-state index in [1.54, 1.807) is 0 Å². The van der Waals surface area contributed by atoms with Gasteiger partial charge in [-0.1, -0.05) is 48.0 Å². The molecule has 6 rings (SSSR count). The molecule has 41 heavy (non-hydrogen) atoms. The van der Waals surface area contributed by atoms with Crippen LogP contribution in [0, 0.1) is 0 Å². The molecule has 0 spiro atoms. The first-order valence-electron chi connectivity index (χ1n) is 14.5. The van der Waals surface area contributed by atoms with E-state index in [2.05, 4.69) is 124 Å². The first-order valence-corrected chi connectivity index (χ1v) is 14.9. The number of anilines is 3. The van der Waals surface area contributed by atoms with Crippen LogP contribution in [0.1, 0.15) is 29.5 Å². The molecular formula is C36H37ClN4+2. The van der Waals surface area contributed by atoms with E-state index in [1.165, 1.54) is 48.3 Å². The van der Waals surface area contributed by atoms with Gasteiger partial charge >= 0.3 is 0 Å². The number of nitrogens with zero attached hydrogens (tertiary/aromatic N) is 4. The molecule has 0 atom stereocenters. The van der Waals surface area contributed by atoms with Gasteiger partial charge in [-0.05, 0) is 61.1 Å². The molecule has 5 heteroatoms.